The molecule has 0 saturated heterocycles. The number of hydrogen-bond donors (Lipinski definition) is 2. The number of rotatable bonds is 4. The Balaban J connectivity index is 1.99. The predicted octanol–water partition coefficient (Wildman–Crippen LogP) is 5.01. The highest BCUT2D eigenvalue weighted by atomic mass is 35.5. The van der Waals surface area contributed by atoms with Crippen LogP contribution in [0, 0.1) is 6.92 Å². The zero-order valence-electron chi connectivity index (χ0n) is 11.2. The normalized spacial score (nSPS) is 10.3. The first-order chi connectivity index (χ1) is 9.97. The number of carbonyl (C=O) groups excluding carboxylic acids is 1. The van der Waals surface area contributed by atoms with Gasteiger partial charge in [-0.3, -0.25) is 4.79 Å². The molecule has 3 nitrogen and oxygen atoms in total. The Morgan fingerprint density at radius 3 is 2.43 bits per heavy atom. The lowest BCUT2D eigenvalue weighted by Crippen LogP contribution is -2.22. The van der Waals surface area contributed by atoms with Crippen LogP contribution in [0.15, 0.2) is 36.4 Å². The number of halogens is 3. The van der Waals surface area contributed by atoms with Gasteiger partial charge in [-0.1, -0.05) is 46.9 Å². The van der Waals surface area contributed by atoms with Gasteiger partial charge in [0.05, 0.1) is 28.0 Å². The third kappa shape index (κ3) is 4.27. The van der Waals surface area contributed by atoms with Crippen LogP contribution >= 0.6 is 34.8 Å². The fraction of sp³-hybridized carbons (Fsp3) is 0.133. The van der Waals surface area contributed by atoms with Crippen molar-refractivity contribution in [1.82, 2.24) is 0 Å². The third-order valence-corrected chi connectivity index (χ3v) is 3.89. The number of anilines is 2. The van der Waals surface area contributed by atoms with Crippen molar-refractivity contribution in [3.8, 4) is 0 Å². The summed E-state index contributed by atoms with van der Waals surface area (Å²) in [6.07, 6.45) is 0. The molecule has 6 heteroatoms. The summed E-state index contributed by atoms with van der Waals surface area (Å²) in [6, 6.07) is 10.5. The Morgan fingerprint density at radius 2 is 1.71 bits per heavy atom. The van der Waals surface area contributed by atoms with Gasteiger partial charge < -0.3 is 10.6 Å². The lowest BCUT2D eigenvalue weighted by molar-refractivity contribution is -0.114. The first-order valence-corrected chi connectivity index (χ1v) is 7.34. The third-order valence-electron chi connectivity index (χ3n) is 2.84. The molecule has 0 radical (unpaired) electrons. The first-order valence-electron chi connectivity index (χ1n) is 6.21. The van der Waals surface area contributed by atoms with E-state index in [1.54, 1.807) is 36.4 Å². The minimum absolute atomic E-state index is 0.0599. The van der Waals surface area contributed by atoms with Crippen molar-refractivity contribution in [2.45, 2.75) is 6.92 Å². The van der Waals surface area contributed by atoms with Gasteiger partial charge in [-0.2, -0.15) is 0 Å². The average molecular weight is 344 g/mol. The molecule has 110 valence electrons. The van der Waals surface area contributed by atoms with E-state index in [9.17, 15) is 4.79 Å². The van der Waals surface area contributed by atoms with E-state index in [-0.39, 0.29) is 12.5 Å². The second kappa shape index (κ2) is 7.03. The lowest BCUT2D eigenvalue weighted by atomic mass is 10.2. The van der Waals surface area contributed by atoms with Crippen LogP contribution in [0.2, 0.25) is 15.1 Å². The maximum Gasteiger partial charge on any atom is 0.243 e. The molecule has 21 heavy (non-hydrogen) atoms. The largest absolute Gasteiger partial charge is 0.375 e. The first kappa shape index (κ1) is 16.0. The molecule has 0 aliphatic rings. The monoisotopic (exact) mass is 342 g/mol. The zero-order chi connectivity index (χ0) is 15.4. The van der Waals surface area contributed by atoms with Gasteiger partial charge in [0.1, 0.15) is 0 Å². The van der Waals surface area contributed by atoms with E-state index in [1.165, 1.54) is 0 Å². The van der Waals surface area contributed by atoms with Crippen LogP contribution in [0.25, 0.3) is 0 Å². The maximum atomic E-state index is 11.9. The van der Waals surface area contributed by atoms with Crippen molar-refractivity contribution in [1.29, 1.82) is 0 Å². The predicted molar refractivity (Wildman–Crippen MR) is 89.8 cm³/mol. The van der Waals surface area contributed by atoms with Gasteiger partial charge in [-0.25, -0.2) is 0 Å². The Bertz CT molecular complexity index is 674. The summed E-state index contributed by atoms with van der Waals surface area (Å²) in [6.45, 7) is 1.92. The van der Waals surface area contributed by atoms with Gasteiger partial charge in [0, 0.05) is 5.02 Å². The molecule has 0 heterocycles. The molecule has 0 spiro atoms. The van der Waals surface area contributed by atoms with Crippen molar-refractivity contribution in [3.63, 3.8) is 0 Å². The topological polar surface area (TPSA) is 41.1 Å². The zero-order valence-corrected chi connectivity index (χ0v) is 13.5. The fourth-order valence-corrected chi connectivity index (χ4v) is 2.35. The van der Waals surface area contributed by atoms with Gasteiger partial charge in [-0.15, -0.1) is 0 Å². The SMILES string of the molecule is Cc1cc(Cl)c(NCC(=O)Nc2ccccc2Cl)cc1Cl. The second-order valence-electron chi connectivity index (χ2n) is 4.46. The van der Waals surface area contributed by atoms with Gasteiger partial charge >= 0.3 is 0 Å². The Hall–Kier alpha value is -1.42. The van der Waals surface area contributed by atoms with Crippen LogP contribution in [0.5, 0.6) is 0 Å². The molecule has 2 aromatic carbocycles. The van der Waals surface area contributed by atoms with E-state index in [2.05, 4.69) is 10.6 Å². The number of carbonyl (C=O) groups is 1. The van der Waals surface area contributed by atoms with Crippen molar-refractivity contribution < 1.29 is 4.79 Å². The van der Waals surface area contributed by atoms with Crippen LogP contribution in [0.3, 0.4) is 0 Å². The number of hydrogen-bond acceptors (Lipinski definition) is 2. The molecule has 0 saturated carbocycles. The van der Waals surface area contributed by atoms with Crippen molar-refractivity contribution in [2.24, 2.45) is 0 Å². The highest BCUT2D eigenvalue weighted by Gasteiger charge is 2.08. The van der Waals surface area contributed by atoms with Crippen LogP contribution in [-0.4, -0.2) is 12.5 Å². The summed E-state index contributed by atoms with van der Waals surface area (Å²) >= 11 is 18.1. The Morgan fingerprint density at radius 1 is 1.00 bits per heavy atom. The van der Waals surface area contributed by atoms with Gasteiger partial charge in [0.25, 0.3) is 0 Å². The molecule has 2 aromatic rings. The number of amides is 1. The fourth-order valence-electron chi connectivity index (χ4n) is 1.71. The van der Waals surface area contributed by atoms with Crippen LogP contribution in [-0.2, 0) is 4.79 Å². The molecule has 0 aromatic heterocycles. The van der Waals surface area contributed by atoms with E-state index >= 15 is 0 Å². The minimum atomic E-state index is -0.226. The Kier molecular flexibility index (Phi) is 5.34. The number of para-hydroxylation sites is 1. The van der Waals surface area contributed by atoms with Gasteiger partial charge in [0.2, 0.25) is 5.91 Å². The molecule has 0 bridgehead atoms. The van der Waals surface area contributed by atoms with Crippen LogP contribution in [0.4, 0.5) is 11.4 Å². The van der Waals surface area contributed by atoms with Gasteiger partial charge in [0.15, 0.2) is 0 Å². The summed E-state index contributed by atoms with van der Waals surface area (Å²) in [5, 5.41) is 7.26. The molecule has 0 aliphatic carbocycles. The highest BCUT2D eigenvalue weighted by molar-refractivity contribution is 6.36. The molecular weight excluding hydrogens is 331 g/mol. The maximum absolute atomic E-state index is 11.9. The molecule has 2 N–H and O–H groups in total. The minimum Gasteiger partial charge on any atom is -0.375 e. The molecule has 2 rings (SSSR count). The lowest BCUT2D eigenvalue weighted by Gasteiger charge is -2.11. The summed E-state index contributed by atoms with van der Waals surface area (Å²) < 4.78 is 0. The van der Waals surface area contributed by atoms with E-state index < -0.39 is 0 Å². The summed E-state index contributed by atoms with van der Waals surface area (Å²) in [4.78, 5) is 11.9. The second-order valence-corrected chi connectivity index (χ2v) is 5.68. The van der Waals surface area contributed by atoms with Crippen LogP contribution in [0.1, 0.15) is 5.56 Å². The van der Waals surface area contributed by atoms with Crippen molar-refractivity contribution in [3.05, 3.63) is 57.0 Å². The number of nitrogens with one attached hydrogen (secondary N) is 2. The standard InChI is InChI=1S/C15H13Cl3N2O/c1-9-6-12(18)14(7-11(9)17)19-8-15(21)20-13-5-3-2-4-10(13)16/h2-7,19H,8H2,1H3,(H,20,21). The van der Waals surface area contributed by atoms with Crippen molar-refractivity contribution in [2.75, 3.05) is 17.2 Å². The average Bonchev–Trinajstić information content (AvgIpc) is 2.44. The van der Waals surface area contributed by atoms with E-state index in [4.69, 9.17) is 34.8 Å². The quantitative estimate of drug-likeness (QED) is 0.819. The molecule has 0 aliphatic heterocycles. The molecule has 1 amide bonds. The number of benzene rings is 2. The summed E-state index contributed by atoms with van der Waals surface area (Å²) in [5.41, 5.74) is 2.06. The van der Waals surface area contributed by atoms with Gasteiger partial charge in [-0.05, 0) is 36.8 Å². The van der Waals surface area contributed by atoms with Crippen molar-refractivity contribution >= 4 is 52.1 Å². The summed E-state index contributed by atoms with van der Waals surface area (Å²) in [5.74, 6) is -0.226. The smallest absolute Gasteiger partial charge is 0.243 e. The van der Waals surface area contributed by atoms with E-state index in [0.717, 1.165) is 5.56 Å². The molecule has 0 unspecified atom stereocenters. The van der Waals surface area contributed by atoms with E-state index in [0.29, 0.717) is 26.4 Å². The molecule has 0 fully saturated rings. The Labute approximate surface area is 138 Å². The molecular formula is C15H13Cl3N2O. The number of aryl methyl sites for hydroxylation is 1. The van der Waals surface area contributed by atoms with E-state index in [1.807, 2.05) is 6.92 Å². The summed E-state index contributed by atoms with van der Waals surface area (Å²) in [7, 11) is 0. The van der Waals surface area contributed by atoms with Crippen LogP contribution < -0.4 is 10.6 Å². The molecule has 0 atom stereocenters. The highest BCUT2D eigenvalue weighted by Crippen LogP contribution is 2.28.